The van der Waals surface area contributed by atoms with E-state index in [1.54, 1.807) is 22.0 Å². The van der Waals surface area contributed by atoms with Gasteiger partial charge in [0, 0.05) is 24.6 Å². The van der Waals surface area contributed by atoms with Gasteiger partial charge in [0.1, 0.15) is 5.71 Å². The van der Waals surface area contributed by atoms with Gasteiger partial charge in [0.05, 0.1) is 6.20 Å². The molecule has 1 aliphatic heterocycles. The summed E-state index contributed by atoms with van der Waals surface area (Å²) in [5.41, 5.74) is 5.06. The van der Waals surface area contributed by atoms with Crippen molar-refractivity contribution in [1.82, 2.24) is 24.9 Å². The fourth-order valence-electron chi connectivity index (χ4n) is 3.92. The van der Waals surface area contributed by atoms with Crippen molar-refractivity contribution in [2.24, 2.45) is 4.99 Å². The van der Waals surface area contributed by atoms with Crippen LogP contribution in [0.4, 0.5) is 11.9 Å². The number of carbonyl (C=O) groups excluding carboxylic acids is 1. The zero-order chi connectivity index (χ0) is 23.1. The van der Waals surface area contributed by atoms with Gasteiger partial charge in [-0.15, -0.1) is 0 Å². The molecule has 0 bridgehead atoms. The molecule has 1 aromatic carbocycles. The zero-order valence-corrected chi connectivity index (χ0v) is 18.9. The molecule has 0 radical (unpaired) electrons. The summed E-state index contributed by atoms with van der Waals surface area (Å²) in [6, 6.07) is 10.7. The SMILES string of the molecule is O=C1NC(O)N=C1Cc1cnn2c(NC3CC3)nc(NCc3ccccc3-c3ccsc3)nc12. The first-order chi connectivity index (χ1) is 16.6. The molecule has 4 aromatic rings. The van der Waals surface area contributed by atoms with Crippen molar-refractivity contribution in [3.8, 4) is 11.1 Å². The highest BCUT2D eigenvalue weighted by molar-refractivity contribution is 7.08. The molecule has 172 valence electrons. The van der Waals surface area contributed by atoms with Gasteiger partial charge in [-0.2, -0.15) is 30.9 Å². The van der Waals surface area contributed by atoms with Crippen LogP contribution in [0.3, 0.4) is 0 Å². The second kappa shape index (κ2) is 8.50. The van der Waals surface area contributed by atoms with Crippen LogP contribution in [0.25, 0.3) is 16.8 Å². The van der Waals surface area contributed by atoms with Gasteiger partial charge in [-0.3, -0.25) is 4.79 Å². The van der Waals surface area contributed by atoms with Crippen molar-refractivity contribution in [1.29, 1.82) is 0 Å². The van der Waals surface area contributed by atoms with Gasteiger partial charge >= 0.3 is 0 Å². The van der Waals surface area contributed by atoms with Crippen LogP contribution in [0.2, 0.25) is 0 Å². The minimum atomic E-state index is -1.20. The van der Waals surface area contributed by atoms with E-state index in [0.717, 1.165) is 24.0 Å². The summed E-state index contributed by atoms with van der Waals surface area (Å²) in [5.74, 6) is 0.682. The third kappa shape index (κ3) is 4.11. The fraction of sp³-hybridized carbons (Fsp3) is 0.261. The maximum Gasteiger partial charge on any atom is 0.269 e. The molecule has 4 heterocycles. The Labute approximate surface area is 198 Å². The predicted molar refractivity (Wildman–Crippen MR) is 130 cm³/mol. The fourth-order valence-corrected chi connectivity index (χ4v) is 4.58. The Bertz CT molecular complexity index is 1390. The highest BCUT2D eigenvalue weighted by Gasteiger charge is 2.27. The smallest absolute Gasteiger partial charge is 0.269 e. The summed E-state index contributed by atoms with van der Waals surface area (Å²) in [5, 5.41) is 27.4. The first-order valence-electron chi connectivity index (χ1n) is 11.1. The number of aliphatic hydroxyl groups excluding tert-OH is 1. The molecule has 1 atom stereocenters. The number of nitrogens with zero attached hydrogens (tertiary/aromatic N) is 5. The van der Waals surface area contributed by atoms with Crippen LogP contribution in [0.5, 0.6) is 0 Å². The van der Waals surface area contributed by atoms with E-state index in [1.165, 1.54) is 11.1 Å². The number of amides is 1. The number of aliphatic hydroxyl groups is 1. The standard InChI is InChI=1S/C23H22N8O2S/c32-20-18(27-23(33)29-20)9-15-11-25-31-19(15)28-21(30-22(31)26-16-5-6-16)24-10-13-3-1-2-4-17(13)14-7-8-34-12-14/h1-4,7-8,11-12,16,23,33H,5-6,9-10H2,(H,29,32)(H2,24,26,28,30). The van der Waals surface area contributed by atoms with Crippen molar-refractivity contribution in [3.63, 3.8) is 0 Å². The molecular weight excluding hydrogens is 452 g/mol. The summed E-state index contributed by atoms with van der Waals surface area (Å²) in [6.45, 7) is 0.551. The van der Waals surface area contributed by atoms with Gasteiger partial charge in [-0.25, -0.2) is 4.99 Å². The lowest BCUT2D eigenvalue weighted by Gasteiger charge is -2.12. The van der Waals surface area contributed by atoms with E-state index >= 15 is 0 Å². The number of fused-ring (bicyclic) bond motifs is 1. The highest BCUT2D eigenvalue weighted by Crippen LogP contribution is 2.28. The van der Waals surface area contributed by atoms with Crippen LogP contribution in [0.1, 0.15) is 24.0 Å². The normalized spacial score (nSPS) is 17.6. The molecule has 34 heavy (non-hydrogen) atoms. The number of thiophene rings is 1. The summed E-state index contributed by atoms with van der Waals surface area (Å²) in [4.78, 5) is 25.4. The molecule has 0 spiro atoms. The molecule has 1 unspecified atom stereocenters. The molecule has 3 aromatic heterocycles. The van der Waals surface area contributed by atoms with Gasteiger partial charge in [0.25, 0.3) is 5.91 Å². The lowest BCUT2D eigenvalue weighted by molar-refractivity contribution is -0.116. The average Bonchev–Trinajstić information content (AvgIpc) is 3.20. The maximum absolute atomic E-state index is 12.0. The molecule has 6 rings (SSSR count). The van der Waals surface area contributed by atoms with E-state index < -0.39 is 6.35 Å². The van der Waals surface area contributed by atoms with Gasteiger partial charge in [0.15, 0.2) is 5.65 Å². The van der Waals surface area contributed by atoms with E-state index in [1.807, 2.05) is 12.1 Å². The summed E-state index contributed by atoms with van der Waals surface area (Å²) in [6.07, 6.45) is 2.85. The van der Waals surface area contributed by atoms with E-state index in [9.17, 15) is 9.90 Å². The topological polar surface area (TPSA) is 129 Å². The molecule has 1 amide bonds. The Balaban J connectivity index is 1.32. The van der Waals surface area contributed by atoms with E-state index in [0.29, 0.717) is 30.1 Å². The lowest BCUT2D eigenvalue weighted by Crippen LogP contribution is -2.29. The predicted octanol–water partition coefficient (Wildman–Crippen LogP) is 2.43. The van der Waals surface area contributed by atoms with E-state index in [2.05, 4.69) is 60.0 Å². The van der Waals surface area contributed by atoms with E-state index in [4.69, 9.17) is 4.98 Å². The van der Waals surface area contributed by atoms with Crippen molar-refractivity contribution < 1.29 is 9.90 Å². The number of aromatic nitrogens is 4. The van der Waals surface area contributed by atoms with Gasteiger partial charge in [-0.1, -0.05) is 24.3 Å². The molecule has 4 N–H and O–H groups in total. The van der Waals surface area contributed by atoms with Crippen molar-refractivity contribution in [3.05, 3.63) is 58.4 Å². The molecule has 10 nitrogen and oxygen atoms in total. The number of rotatable bonds is 8. The highest BCUT2D eigenvalue weighted by atomic mass is 32.1. The number of hydrogen-bond donors (Lipinski definition) is 4. The quantitative estimate of drug-likeness (QED) is 0.309. The average molecular weight is 475 g/mol. The van der Waals surface area contributed by atoms with Gasteiger partial charge in [-0.05, 0) is 46.4 Å². The van der Waals surface area contributed by atoms with Crippen LogP contribution in [0.15, 0.2) is 52.3 Å². The number of anilines is 2. The van der Waals surface area contributed by atoms with E-state index in [-0.39, 0.29) is 18.0 Å². The number of hydrogen-bond acceptors (Lipinski definition) is 9. The number of nitrogens with one attached hydrogen (secondary N) is 3. The molecule has 1 fully saturated rings. The molecule has 11 heteroatoms. The second-order valence-corrected chi connectivity index (χ2v) is 9.10. The summed E-state index contributed by atoms with van der Waals surface area (Å²) in [7, 11) is 0. The van der Waals surface area contributed by atoms with Crippen LogP contribution in [0, 0.1) is 0 Å². The maximum atomic E-state index is 12.0. The first kappa shape index (κ1) is 20.8. The Kier molecular flexibility index (Phi) is 5.19. The number of carbonyl (C=O) groups is 1. The third-order valence-electron chi connectivity index (χ3n) is 5.80. The van der Waals surface area contributed by atoms with Crippen molar-refractivity contribution in [2.45, 2.75) is 38.2 Å². The number of benzene rings is 1. The second-order valence-electron chi connectivity index (χ2n) is 8.32. The summed E-state index contributed by atoms with van der Waals surface area (Å²) < 4.78 is 1.65. The third-order valence-corrected chi connectivity index (χ3v) is 6.48. The monoisotopic (exact) mass is 474 g/mol. The first-order valence-corrected chi connectivity index (χ1v) is 12.0. The molecule has 0 saturated heterocycles. The lowest BCUT2D eigenvalue weighted by atomic mass is 10.0. The molecular formula is C23H22N8O2S. The number of aliphatic imine (C=N–C) groups is 1. The summed E-state index contributed by atoms with van der Waals surface area (Å²) >= 11 is 1.67. The minimum absolute atomic E-state index is 0.215. The zero-order valence-electron chi connectivity index (χ0n) is 18.1. The Morgan fingerprint density at radius 3 is 2.82 bits per heavy atom. The van der Waals surface area contributed by atoms with Gasteiger partial charge < -0.3 is 21.1 Å². The van der Waals surface area contributed by atoms with Crippen LogP contribution in [-0.4, -0.2) is 48.7 Å². The molecule has 1 saturated carbocycles. The van der Waals surface area contributed by atoms with Crippen LogP contribution >= 0.6 is 11.3 Å². The van der Waals surface area contributed by atoms with Crippen LogP contribution in [-0.2, 0) is 17.8 Å². The van der Waals surface area contributed by atoms with Crippen LogP contribution < -0.4 is 16.0 Å². The van der Waals surface area contributed by atoms with Gasteiger partial charge in [0.2, 0.25) is 18.2 Å². The molecule has 2 aliphatic rings. The Morgan fingerprint density at radius 2 is 2.06 bits per heavy atom. The van der Waals surface area contributed by atoms with Crippen molar-refractivity contribution in [2.75, 3.05) is 10.6 Å². The Morgan fingerprint density at radius 1 is 1.18 bits per heavy atom. The molecule has 1 aliphatic carbocycles. The van der Waals surface area contributed by atoms with Crippen molar-refractivity contribution >= 4 is 40.5 Å². The minimum Gasteiger partial charge on any atom is -0.355 e. The largest absolute Gasteiger partial charge is 0.355 e. The Hall–Kier alpha value is -3.83.